The minimum absolute atomic E-state index is 0.237. The van der Waals surface area contributed by atoms with Crippen molar-refractivity contribution in [3.8, 4) is 0 Å². The Bertz CT molecular complexity index is 722. The summed E-state index contributed by atoms with van der Waals surface area (Å²) in [5, 5.41) is 4.39. The lowest BCUT2D eigenvalue weighted by Crippen LogP contribution is -2.44. The van der Waals surface area contributed by atoms with Gasteiger partial charge in [-0.15, -0.1) is 0 Å². The van der Waals surface area contributed by atoms with Gasteiger partial charge in [0.1, 0.15) is 0 Å². The number of hydrogen-bond acceptors (Lipinski definition) is 3. The van der Waals surface area contributed by atoms with Crippen LogP contribution >= 0.6 is 0 Å². The van der Waals surface area contributed by atoms with E-state index in [1.165, 1.54) is 11.1 Å². The Morgan fingerprint density at radius 2 is 2.08 bits per heavy atom. The van der Waals surface area contributed by atoms with Crippen molar-refractivity contribution in [2.24, 2.45) is 0 Å². The van der Waals surface area contributed by atoms with Crippen LogP contribution in [0.2, 0.25) is 0 Å². The highest BCUT2D eigenvalue weighted by Gasteiger charge is 2.28. The van der Waals surface area contributed by atoms with Crippen molar-refractivity contribution < 1.29 is 4.79 Å². The van der Waals surface area contributed by atoms with E-state index in [0.29, 0.717) is 13.0 Å². The summed E-state index contributed by atoms with van der Waals surface area (Å²) in [4.78, 5) is 17.3. The lowest BCUT2D eigenvalue weighted by atomic mass is 10.0. The van der Waals surface area contributed by atoms with Crippen molar-refractivity contribution in [1.82, 2.24) is 19.6 Å². The largest absolute Gasteiger partial charge is 0.332 e. The highest BCUT2D eigenvalue weighted by molar-refractivity contribution is 5.77. The van der Waals surface area contributed by atoms with Crippen LogP contribution in [-0.2, 0) is 24.3 Å². The van der Waals surface area contributed by atoms with Gasteiger partial charge >= 0.3 is 0 Å². The molecule has 0 saturated carbocycles. The third-order valence-corrected chi connectivity index (χ3v) is 5.02. The minimum atomic E-state index is 0.237. The van der Waals surface area contributed by atoms with Crippen molar-refractivity contribution in [3.63, 3.8) is 0 Å². The van der Waals surface area contributed by atoms with Gasteiger partial charge in [-0.25, -0.2) is 0 Å². The van der Waals surface area contributed by atoms with Gasteiger partial charge in [-0.1, -0.05) is 24.3 Å². The van der Waals surface area contributed by atoms with Crippen LogP contribution in [0.1, 0.15) is 29.7 Å². The van der Waals surface area contributed by atoms with Crippen LogP contribution in [0.3, 0.4) is 0 Å². The van der Waals surface area contributed by atoms with Crippen molar-refractivity contribution in [2.75, 3.05) is 20.6 Å². The third kappa shape index (κ3) is 4.28. The third-order valence-electron chi connectivity index (χ3n) is 5.02. The topological polar surface area (TPSA) is 41.4 Å². The second-order valence-electron chi connectivity index (χ2n) is 7.20. The van der Waals surface area contributed by atoms with Gasteiger partial charge in [0.25, 0.3) is 0 Å². The fourth-order valence-electron chi connectivity index (χ4n) is 3.61. The molecular formula is C20H28N4O. The predicted octanol–water partition coefficient (Wildman–Crippen LogP) is 2.49. The van der Waals surface area contributed by atoms with Crippen LogP contribution in [0.4, 0.5) is 0 Å². The van der Waals surface area contributed by atoms with Crippen molar-refractivity contribution in [2.45, 2.75) is 45.3 Å². The quantitative estimate of drug-likeness (QED) is 0.840. The average Bonchev–Trinajstić information content (AvgIpc) is 2.95. The van der Waals surface area contributed by atoms with E-state index in [1.54, 1.807) is 0 Å². The van der Waals surface area contributed by atoms with Gasteiger partial charge in [0.15, 0.2) is 0 Å². The zero-order valence-corrected chi connectivity index (χ0v) is 15.5. The molecule has 1 atom stereocenters. The molecule has 1 aliphatic heterocycles. The van der Waals surface area contributed by atoms with E-state index in [9.17, 15) is 4.79 Å². The molecule has 5 nitrogen and oxygen atoms in total. The first-order valence-corrected chi connectivity index (χ1v) is 9.04. The molecule has 5 heteroatoms. The number of amides is 1. The number of carbonyl (C=O) groups is 1. The molecule has 0 saturated heterocycles. The molecule has 1 aromatic carbocycles. The number of aryl methyl sites for hydroxylation is 3. The summed E-state index contributed by atoms with van der Waals surface area (Å²) >= 11 is 0. The maximum Gasteiger partial charge on any atom is 0.223 e. The molecule has 1 amide bonds. The van der Waals surface area contributed by atoms with E-state index in [2.05, 4.69) is 48.1 Å². The maximum absolute atomic E-state index is 13.0. The van der Waals surface area contributed by atoms with Crippen LogP contribution in [0.15, 0.2) is 36.5 Å². The van der Waals surface area contributed by atoms with Crippen LogP contribution in [-0.4, -0.2) is 52.2 Å². The number of nitrogens with zero attached hydrogens (tertiary/aromatic N) is 4. The Kier molecular flexibility index (Phi) is 5.53. The minimum Gasteiger partial charge on any atom is -0.332 e. The Morgan fingerprint density at radius 1 is 1.28 bits per heavy atom. The summed E-state index contributed by atoms with van der Waals surface area (Å²) in [6.45, 7) is 4.54. The number of benzene rings is 1. The molecule has 3 rings (SSSR count). The Morgan fingerprint density at radius 3 is 2.84 bits per heavy atom. The first-order chi connectivity index (χ1) is 12.0. The van der Waals surface area contributed by atoms with E-state index in [0.717, 1.165) is 31.6 Å². The van der Waals surface area contributed by atoms with Crippen molar-refractivity contribution in [3.05, 3.63) is 53.3 Å². The lowest BCUT2D eigenvalue weighted by molar-refractivity contribution is -0.134. The van der Waals surface area contributed by atoms with Crippen LogP contribution < -0.4 is 0 Å². The molecule has 1 aliphatic rings. The summed E-state index contributed by atoms with van der Waals surface area (Å²) in [6.07, 6.45) is 4.14. The fraction of sp³-hybridized carbons (Fsp3) is 0.500. The molecule has 0 N–H and O–H groups in total. The zero-order valence-electron chi connectivity index (χ0n) is 15.5. The molecule has 0 unspecified atom stereocenters. The number of rotatable bonds is 5. The molecule has 0 spiro atoms. The van der Waals surface area contributed by atoms with E-state index < -0.39 is 0 Å². The smallest absolute Gasteiger partial charge is 0.223 e. The molecule has 2 heterocycles. The normalized spacial score (nSPS) is 17.4. The van der Waals surface area contributed by atoms with Gasteiger partial charge in [0, 0.05) is 31.7 Å². The molecule has 25 heavy (non-hydrogen) atoms. The molecule has 0 bridgehead atoms. The maximum atomic E-state index is 13.0. The summed E-state index contributed by atoms with van der Waals surface area (Å²) in [6, 6.07) is 10.6. The van der Waals surface area contributed by atoms with E-state index in [4.69, 9.17) is 0 Å². The molecule has 1 aromatic heterocycles. The van der Waals surface area contributed by atoms with Crippen molar-refractivity contribution >= 4 is 5.91 Å². The monoisotopic (exact) mass is 340 g/mol. The fourth-order valence-corrected chi connectivity index (χ4v) is 3.61. The number of carbonyl (C=O) groups excluding carboxylic acids is 1. The lowest BCUT2D eigenvalue weighted by Gasteiger charge is -2.32. The van der Waals surface area contributed by atoms with Crippen LogP contribution in [0.5, 0.6) is 0 Å². The summed E-state index contributed by atoms with van der Waals surface area (Å²) < 4.78 is 2.04. The van der Waals surface area contributed by atoms with Gasteiger partial charge < -0.3 is 9.80 Å². The molecule has 0 fully saturated rings. The van der Waals surface area contributed by atoms with Gasteiger partial charge in [0.05, 0.1) is 12.2 Å². The van der Waals surface area contributed by atoms with E-state index in [-0.39, 0.29) is 11.9 Å². The van der Waals surface area contributed by atoms with Crippen molar-refractivity contribution in [1.29, 1.82) is 0 Å². The number of fused-ring (bicyclic) bond motifs is 1. The van der Waals surface area contributed by atoms with Gasteiger partial charge in [0.2, 0.25) is 5.91 Å². The molecular weight excluding hydrogens is 312 g/mol. The Balaban J connectivity index is 1.73. The summed E-state index contributed by atoms with van der Waals surface area (Å²) in [7, 11) is 4.14. The first kappa shape index (κ1) is 17.7. The molecule has 2 aromatic rings. The summed E-state index contributed by atoms with van der Waals surface area (Å²) in [5.74, 6) is 0.241. The highest BCUT2D eigenvalue weighted by atomic mass is 16.2. The summed E-state index contributed by atoms with van der Waals surface area (Å²) in [5.41, 5.74) is 3.65. The molecule has 134 valence electrons. The standard InChI is InChI=1S/C20H28N4O/c1-16-6-4-5-7-17(16)8-9-20(25)23-15-19-10-12-21-24(19)13-11-18(23)14-22(2)3/h4-7,10,12,18H,8-9,11,13-15H2,1-3H3/t18-/m1/s1. The highest BCUT2D eigenvalue weighted by Crippen LogP contribution is 2.20. The van der Waals surface area contributed by atoms with Crippen LogP contribution in [0, 0.1) is 6.92 Å². The first-order valence-electron chi connectivity index (χ1n) is 9.04. The van der Waals surface area contributed by atoms with Gasteiger partial charge in [-0.05, 0) is 51.1 Å². The Hall–Kier alpha value is -2.14. The van der Waals surface area contributed by atoms with Gasteiger partial charge in [-0.2, -0.15) is 5.10 Å². The second-order valence-corrected chi connectivity index (χ2v) is 7.20. The number of likely N-dealkylation sites (N-methyl/N-ethyl adjacent to an activating group) is 1. The predicted molar refractivity (Wildman–Crippen MR) is 99.2 cm³/mol. The van der Waals surface area contributed by atoms with Crippen LogP contribution in [0.25, 0.3) is 0 Å². The SMILES string of the molecule is Cc1ccccc1CCC(=O)N1Cc2ccnn2CC[C@@H]1CN(C)C. The molecule has 0 radical (unpaired) electrons. The van der Waals surface area contributed by atoms with E-state index in [1.807, 2.05) is 29.1 Å². The second kappa shape index (κ2) is 7.83. The number of hydrogen-bond donors (Lipinski definition) is 0. The van der Waals surface area contributed by atoms with Gasteiger partial charge in [-0.3, -0.25) is 9.48 Å². The zero-order chi connectivity index (χ0) is 17.8. The Labute approximate surface area is 150 Å². The molecule has 0 aliphatic carbocycles. The van der Waals surface area contributed by atoms with E-state index >= 15 is 0 Å². The average molecular weight is 340 g/mol. The number of aromatic nitrogens is 2.